The fourth-order valence-electron chi connectivity index (χ4n) is 4.12. The molecule has 138 valence electrons. The average Bonchev–Trinajstić information content (AvgIpc) is 3.43. The lowest BCUT2D eigenvalue weighted by molar-refractivity contribution is -0.0494. The Balaban J connectivity index is 1.48. The van der Waals surface area contributed by atoms with E-state index in [9.17, 15) is 9.90 Å². The fourth-order valence-corrected chi connectivity index (χ4v) is 4.12. The summed E-state index contributed by atoms with van der Waals surface area (Å²) in [5, 5.41) is 17.1. The first kappa shape index (κ1) is 16.3. The first-order chi connectivity index (χ1) is 13.1. The number of aliphatic hydroxyl groups is 1. The summed E-state index contributed by atoms with van der Waals surface area (Å²) in [5.74, 6) is 0.380. The summed E-state index contributed by atoms with van der Waals surface area (Å²) >= 11 is 0. The number of rotatable bonds is 5. The van der Waals surface area contributed by atoms with Gasteiger partial charge in [-0.1, -0.05) is 18.2 Å². The molecule has 1 aliphatic carbocycles. The minimum absolute atomic E-state index is 0.0186. The van der Waals surface area contributed by atoms with Crippen molar-refractivity contribution in [3.05, 3.63) is 60.5 Å². The maximum atomic E-state index is 13.1. The molecule has 3 aromatic rings. The molecule has 6 rings (SSSR count). The third kappa shape index (κ3) is 2.58. The lowest BCUT2D eigenvalue weighted by Gasteiger charge is -2.43. The number of nitrogens with zero attached hydrogens (tertiary/aromatic N) is 2. The van der Waals surface area contributed by atoms with Crippen molar-refractivity contribution in [3.63, 3.8) is 0 Å². The van der Waals surface area contributed by atoms with Crippen molar-refractivity contribution >= 4 is 5.91 Å². The number of ether oxygens (including phenoxy) is 1. The number of amides is 1. The number of hydrogen-bond acceptors (Lipinski definition) is 5. The summed E-state index contributed by atoms with van der Waals surface area (Å²) in [7, 11) is 0. The zero-order valence-corrected chi connectivity index (χ0v) is 14.6. The van der Waals surface area contributed by atoms with Crippen LogP contribution in [0.3, 0.4) is 0 Å². The second-order valence-corrected chi connectivity index (χ2v) is 7.36. The molecule has 0 unspecified atom stereocenters. The van der Waals surface area contributed by atoms with Gasteiger partial charge in [-0.05, 0) is 24.3 Å². The smallest absolute Gasteiger partial charge is 0.270 e. The molecule has 2 saturated heterocycles. The molecule has 2 bridgehead atoms. The maximum absolute atomic E-state index is 13.1. The van der Waals surface area contributed by atoms with Crippen LogP contribution in [0.1, 0.15) is 23.3 Å². The zero-order valence-electron chi connectivity index (χ0n) is 14.6. The third-order valence-electron chi connectivity index (χ3n) is 5.36. The van der Waals surface area contributed by atoms with Crippen LogP contribution in [0.25, 0.3) is 17.1 Å². The second-order valence-electron chi connectivity index (χ2n) is 7.36. The largest absolute Gasteiger partial charge is 0.463 e. The Morgan fingerprint density at radius 2 is 2.04 bits per heavy atom. The Labute approximate surface area is 155 Å². The highest BCUT2D eigenvalue weighted by molar-refractivity contribution is 5.95. The molecule has 1 aromatic carbocycles. The number of carbonyl (C=O) groups is 1. The molecule has 2 aliphatic heterocycles. The summed E-state index contributed by atoms with van der Waals surface area (Å²) in [6, 6.07) is 14.8. The molecule has 0 atom stereocenters. The Hall–Kier alpha value is -2.90. The fraction of sp³-hybridized carbons (Fsp3) is 0.300. The third-order valence-corrected chi connectivity index (χ3v) is 5.36. The van der Waals surface area contributed by atoms with Crippen LogP contribution in [0.4, 0.5) is 0 Å². The Bertz CT molecular complexity index is 972. The van der Waals surface area contributed by atoms with Crippen LogP contribution in [-0.2, 0) is 4.74 Å². The van der Waals surface area contributed by atoms with Gasteiger partial charge in [0, 0.05) is 18.9 Å². The Morgan fingerprint density at radius 1 is 1.22 bits per heavy atom. The molecule has 0 spiro atoms. The van der Waals surface area contributed by atoms with Gasteiger partial charge in [-0.15, -0.1) is 0 Å². The highest BCUT2D eigenvalue weighted by Gasteiger charge is 2.63. The Morgan fingerprint density at radius 3 is 2.70 bits per heavy atom. The number of benzene rings is 1. The number of hydrogen-bond donors (Lipinski definition) is 2. The van der Waals surface area contributed by atoms with Gasteiger partial charge in [-0.3, -0.25) is 4.79 Å². The number of aliphatic hydroxyl groups excluding tert-OH is 1. The van der Waals surface area contributed by atoms with Crippen LogP contribution in [0.2, 0.25) is 0 Å². The molecule has 2 aromatic heterocycles. The van der Waals surface area contributed by atoms with E-state index in [0.29, 0.717) is 36.6 Å². The van der Waals surface area contributed by atoms with Crippen LogP contribution in [-0.4, -0.2) is 45.1 Å². The first-order valence-electron chi connectivity index (χ1n) is 8.89. The van der Waals surface area contributed by atoms with E-state index < -0.39 is 11.1 Å². The average molecular weight is 365 g/mol. The molecule has 3 aliphatic rings. The van der Waals surface area contributed by atoms with E-state index in [1.54, 1.807) is 23.1 Å². The standard InChI is InChI=1S/C20H19N3O4/c24-12-20-10-19(11-20,13-27-20)21-18(25)16-9-15(17-7-4-8-26-17)22-23(16)14-5-2-1-3-6-14/h1-9,24H,10-13H2,(H,21,25). The van der Waals surface area contributed by atoms with E-state index in [2.05, 4.69) is 10.4 Å². The number of fused-ring (bicyclic) bond motifs is 1. The molecule has 4 heterocycles. The van der Waals surface area contributed by atoms with Crippen LogP contribution < -0.4 is 5.32 Å². The number of carbonyl (C=O) groups excluding carboxylic acids is 1. The van der Waals surface area contributed by atoms with E-state index in [1.165, 1.54) is 0 Å². The monoisotopic (exact) mass is 365 g/mol. The molecule has 1 saturated carbocycles. The van der Waals surface area contributed by atoms with Gasteiger partial charge >= 0.3 is 0 Å². The molecule has 3 fully saturated rings. The Kier molecular flexibility index (Phi) is 3.50. The van der Waals surface area contributed by atoms with Gasteiger partial charge in [0.15, 0.2) is 5.76 Å². The van der Waals surface area contributed by atoms with Crippen molar-refractivity contribution in [3.8, 4) is 17.1 Å². The summed E-state index contributed by atoms with van der Waals surface area (Å²) in [5.41, 5.74) is 0.921. The predicted octanol–water partition coefficient (Wildman–Crippen LogP) is 2.16. The van der Waals surface area contributed by atoms with Gasteiger partial charge in [0.1, 0.15) is 11.4 Å². The van der Waals surface area contributed by atoms with E-state index >= 15 is 0 Å². The van der Waals surface area contributed by atoms with Crippen molar-refractivity contribution in [1.82, 2.24) is 15.1 Å². The van der Waals surface area contributed by atoms with Crippen molar-refractivity contribution in [2.45, 2.75) is 24.0 Å². The maximum Gasteiger partial charge on any atom is 0.270 e. The predicted molar refractivity (Wildman–Crippen MR) is 96.5 cm³/mol. The number of aromatic nitrogens is 2. The molecular weight excluding hydrogens is 346 g/mol. The number of para-hydroxylation sites is 1. The van der Waals surface area contributed by atoms with Crippen LogP contribution in [0, 0.1) is 0 Å². The van der Waals surface area contributed by atoms with Crippen molar-refractivity contribution in [2.24, 2.45) is 0 Å². The quantitative estimate of drug-likeness (QED) is 0.723. The van der Waals surface area contributed by atoms with Gasteiger partial charge in [0.05, 0.1) is 36.3 Å². The van der Waals surface area contributed by atoms with Crippen molar-refractivity contribution in [1.29, 1.82) is 0 Å². The van der Waals surface area contributed by atoms with Gasteiger partial charge in [-0.2, -0.15) is 5.10 Å². The number of furan rings is 1. The van der Waals surface area contributed by atoms with Gasteiger partial charge in [0.2, 0.25) is 0 Å². The number of nitrogens with one attached hydrogen (secondary N) is 1. The minimum Gasteiger partial charge on any atom is -0.463 e. The molecular formula is C20H19N3O4. The second kappa shape index (κ2) is 5.80. The minimum atomic E-state index is -0.480. The molecule has 7 heteroatoms. The molecule has 0 radical (unpaired) electrons. The molecule has 2 N–H and O–H groups in total. The SMILES string of the molecule is O=C(NC12COC(CO)(C1)C2)c1cc(-c2ccco2)nn1-c1ccccc1. The summed E-state index contributed by atoms with van der Waals surface area (Å²) in [6.45, 7) is 0.402. The van der Waals surface area contributed by atoms with Crippen LogP contribution in [0.15, 0.2) is 59.2 Å². The van der Waals surface area contributed by atoms with Gasteiger partial charge < -0.3 is 19.6 Å². The van der Waals surface area contributed by atoms with E-state index in [0.717, 1.165) is 5.69 Å². The van der Waals surface area contributed by atoms with E-state index in [1.807, 2.05) is 36.4 Å². The first-order valence-corrected chi connectivity index (χ1v) is 8.89. The zero-order chi connectivity index (χ0) is 18.5. The van der Waals surface area contributed by atoms with Crippen molar-refractivity contribution < 1.29 is 19.1 Å². The van der Waals surface area contributed by atoms with Gasteiger partial charge in [0.25, 0.3) is 5.91 Å². The summed E-state index contributed by atoms with van der Waals surface area (Å²) < 4.78 is 12.7. The molecule has 27 heavy (non-hydrogen) atoms. The van der Waals surface area contributed by atoms with Crippen molar-refractivity contribution in [2.75, 3.05) is 13.2 Å². The topological polar surface area (TPSA) is 89.5 Å². The molecule has 1 amide bonds. The highest BCUT2D eigenvalue weighted by Crippen LogP contribution is 2.51. The lowest BCUT2D eigenvalue weighted by Crippen LogP contribution is -2.61. The highest BCUT2D eigenvalue weighted by atomic mass is 16.5. The summed E-state index contributed by atoms with van der Waals surface area (Å²) in [6.07, 6.45) is 2.84. The van der Waals surface area contributed by atoms with E-state index in [-0.39, 0.29) is 12.5 Å². The van der Waals surface area contributed by atoms with Crippen LogP contribution >= 0.6 is 0 Å². The molecule has 7 nitrogen and oxygen atoms in total. The van der Waals surface area contributed by atoms with Gasteiger partial charge in [-0.25, -0.2) is 4.68 Å². The van der Waals surface area contributed by atoms with E-state index in [4.69, 9.17) is 9.15 Å². The summed E-state index contributed by atoms with van der Waals surface area (Å²) in [4.78, 5) is 13.1. The van der Waals surface area contributed by atoms with Crippen LogP contribution in [0.5, 0.6) is 0 Å². The lowest BCUT2D eigenvalue weighted by atomic mass is 9.69. The normalized spacial score (nSPS) is 26.0.